The molecule has 0 aliphatic carbocycles. The van der Waals surface area contributed by atoms with E-state index in [0.717, 1.165) is 24.3 Å². The number of halogens is 1. The summed E-state index contributed by atoms with van der Waals surface area (Å²) < 4.78 is 19.3. The van der Waals surface area contributed by atoms with Gasteiger partial charge < -0.3 is 10.1 Å². The Morgan fingerprint density at radius 1 is 1.35 bits per heavy atom. The van der Waals surface area contributed by atoms with E-state index in [1.807, 2.05) is 13.8 Å². The second-order valence-electron chi connectivity index (χ2n) is 4.27. The molecule has 0 aliphatic heterocycles. The van der Waals surface area contributed by atoms with Crippen molar-refractivity contribution in [2.45, 2.75) is 40.2 Å². The van der Waals surface area contributed by atoms with Crippen molar-refractivity contribution in [3.8, 4) is 5.75 Å². The molecule has 1 aromatic rings. The lowest BCUT2D eigenvalue weighted by atomic mass is 10.0. The average Bonchev–Trinajstić information content (AvgIpc) is 2.30. The van der Waals surface area contributed by atoms with Gasteiger partial charge in [-0.25, -0.2) is 4.39 Å². The lowest BCUT2D eigenvalue weighted by Gasteiger charge is -2.18. The number of rotatable bonds is 6. The SMILES string of the molecule is CCCOc1cc(C)c(F)cc1C(C)NCC. The molecule has 0 saturated carbocycles. The number of ether oxygens (including phenoxy) is 1. The summed E-state index contributed by atoms with van der Waals surface area (Å²) in [6, 6.07) is 3.46. The van der Waals surface area contributed by atoms with Gasteiger partial charge in [0, 0.05) is 11.6 Å². The fourth-order valence-electron chi connectivity index (χ4n) is 1.76. The van der Waals surface area contributed by atoms with Crippen molar-refractivity contribution < 1.29 is 9.13 Å². The summed E-state index contributed by atoms with van der Waals surface area (Å²) in [4.78, 5) is 0. The van der Waals surface area contributed by atoms with E-state index in [9.17, 15) is 4.39 Å². The molecule has 0 aromatic heterocycles. The molecular weight excluding hydrogens is 217 g/mol. The highest BCUT2D eigenvalue weighted by molar-refractivity contribution is 5.40. The van der Waals surface area contributed by atoms with E-state index in [1.165, 1.54) is 0 Å². The first-order chi connectivity index (χ1) is 8.10. The van der Waals surface area contributed by atoms with Crippen LogP contribution in [0.4, 0.5) is 4.39 Å². The van der Waals surface area contributed by atoms with Crippen LogP contribution in [0.3, 0.4) is 0 Å². The van der Waals surface area contributed by atoms with Crippen LogP contribution < -0.4 is 10.1 Å². The molecule has 96 valence electrons. The third-order valence-corrected chi connectivity index (χ3v) is 2.73. The first-order valence-corrected chi connectivity index (χ1v) is 6.26. The molecule has 0 amide bonds. The molecule has 1 aromatic carbocycles. The molecule has 1 atom stereocenters. The Balaban J connectivity index is 3.02. The zero-order chi connectivity index (χ0) is 12.8. The average molecular weight is 239 g/mol. The lowest BCUT2D eigenvalue weighted by molar-refractivity contribution is 0.310. The third kappa shape index (κ3) is 3.70. The Morgan fingerprint density at radius 2 is 2.06 bits per heavy atom. The van der Waals surface area contributed by atoms with Gasteiger partial charge in [0.1, 0.15) is 11.6 Å². The van der Waals surface area contributed by atoms with Gasteiger partial charge in [-0.3, -0.25) is 0 Å². The van der Waals surface area contributed by atoms with Crippen molar-refractivity contribution in [3.05, 3.63) is 29.1 Å². The topological polar surface area (TPSA) is 21.3 Å². The van der Waals surface area contributed by atoms with Crippen molar-refractivity contribution in [1.82, 2.24) is 5.32 Å². The van der Waals surface area contributed by atoms with Gasteiger partial charge >= 0.3 is 0 Å². The summed E-state index contributed by atoms with van der Waals surface area (Å²) in [5.41, 5.74) is 1.52. The number of aryl methyl sites for hydroxylation is 1. The lowest BCUT2D eigenvalue weighted by Crippen LogP contribution is -2.19. The summed E-state index contributed by atoms with van der Waals surface area (Å²) in [6.45, 7) is 9.39. The van der Waals surface area contributed by atoms with Crippen LogP contribution in [0.2, 0.25) is 0 Å². The quantitative estimate of drug-likeness (QED) is 0.819. The minimum Gasteiger partial charge on any atom is -0.493 e. The summed E-state index contributed by atoms with van der Waals surface area (Å²) >= 11 is 0. The van der Waals surface area contributed by atoms with Crippen LogP contribution >= 0.6 is 0 Å². The molecule has 1 rings (SSSR count). The maximum atomic E-state index is 13.6. The highest BCUT2D eigenvalue weighted by atomic mass is 19.1. The molecular formula is C14H22FNO. The van der Waals surface area contributed by atoms with Crippen LogP contribution in [0.15, 0.2) is 12.1 Å². The van der Waals surface area contributed by atoms with E-state index in [4.69, 9.17) is 4.74 Å². The van der Waals surface area contributed by atoms with Gasteiger partial charge in [0.2, 0.25) is 0 Å². The molecule has 0 saturated heterocycles. The van der Waals surface area contributed by atoms with Gasteiger partial charge in [0.05, 0.1) is 6.61 Å². The second kappa shape index (κ2) is 6.60. The Morgan fingerprint density at radius 3 is 2.65 bits per heavy atom. The number of benzene rings is 1. The molecule has 0 radical (unpaired) electrons. The fraction of sp³-hybridized carbons (Fsp3) is 0.571. The van der Waals surface area contributed by atoms with E-state index in [2.05, 4.69) is 12.2 Å². The van der Waals surface area contributed by atoms with Gasteiger partial charge in [-0.05, 0) is 44.5 Å². The maximum absolute atomic E-state index is 13.6. The monoisotopic (exact) mass is 239 g/mol. The summed E-state index contributed by atoms with van der Waals surface area (Å²) in [5.74, 6) is 0.618. The summed E-state index contributed by atoms with van der Waals surface area (Å²) in [6.07, 6.45) is 0.950. The second-order valence-corrected chi connectivity index (χ2v) is 4.27. The van der Waals surface area contributed by atoms with Gasteiger partial charge in [-0.15, -0.1) is 0 Å². The predicted octanol–water partition coefficient (Wildman–Crippen LogP) is 3.59. The molecule has 0 spiro atoms. The summed E-state index contributed by atoms with van der Waals surface area (Å²) in [7, 11) is 0. The van der Waals surface area contributed by atoms with Crippen molar-refractivity contribution in [2.75, 3.05) is 13.2 Å². The highest BCUT2D eigenvalue weighted by Crippen LogP contribution is 2.28. The van der Waals surface area contributed by atoms with E-state index in [-0.39, 0.29) is 11.9 Å². The number of hydrogen-bond acceptors (Lipinski definition) is 2. The number of nitrogens with one attached hydrogen (secondary N) is 1. The van der Waals surface area contributed by atoms with Crippen molar-refractivity contribution in [3.63, 3.8) is 0 Å². The first kappa shape index (κ1) is 14.0. The van der Waals surface area contributed by atoms with E-state index in [1.54, 1.807) is 19.1 Å². The van der Waals surface area contributed by atoms with Crippen LogP contribution in [0.1, 0.15) is 44.4 Å². The van der Waals surface area contributed by atoms with Crippen LogP contribution in [0.5, 0.6) is 5.75 Å². The van der Waals surface area contributed by atoms with Gasteiger partial charge in [0.25, 0.3) is 0 Å². The Hall–Kier alpha value is -1.09. The molecule has 0 fully saturated rings. The molecule has 2 nitrogen and oxygen atoms in total. The molecule has 0 bridgehead atoms. The Bertz CT molecular complexity index is 365. The molecule has 0 aliphatic rings. The predicted molar refractivity (Wildman–Crippen MR) is 69.0 cm³/mol. The van der Waals surface area contributed by atoms with Gasteiger partial charge in [-0.2, -0.15) is 0 Å². The van der Waals surface area contributed by atoms with Gasteiger partial charge in [0.15, 0.2) is 0 Å². The van der Waals surface area contributed by atoms with Crippen LogP contribution in [-0.4, -0.2) is 13.2 Å². The largest absolute Gasteiger partial charge is 0.493 e. The van der Waals surface area contributed by atoms with E-state index in [0.29, 0.717) is 12.2 Å². The summed E-state index contributed by atoms with van der Waals surface area (Å²) in [5, 5.41) is 3.28. The molecule has 0 heterocycles. The zero-order valence-corrected chi connectivity index (χ0v) is 11.1. The highest BCUT2D eigenvalue weighted by Gasteiger charge is 2.13. The molecule has 17 heavy (non-hydrogen) atoms. The van der Waals surface area contributed by atoms with Crippen molar-refractivity contribution in [1.29, 1.82) is 0 Å². The van der Waals surface area contributed by atoms with E-state index < -0.39 is 0 Å². The van der Waals surface area contributed by atoms with Crippen LogP contribution in [0, 0.1) is 12.7 Å². The zero-order valence-electron chi connectivity index (χ0n) is 11.1. The molecule has 3 heteroatoms. The Kier molecular flexibility index (Phi) is 5.42. The standard InChI is InChI=1S/C14H22FNO/c1-5-7-17-14-8-10(3)13(15)9-12(14)11(4)16-6-2/h8-9,11,16H,5-7H2,1-4H3. The smallest absolute Gasteiger partial charge is 0.126 e. The van der Waals surface area contributed by atoms with Crippen molar-refractivity contribution >= 4 is 0 Å². The molecule has 1 N–H and O–H groups in total. The number of hydrogen-bond donors (Lipinski definition) is 1. The van der Waals surface area contributed by atoms with E-state index >= 15 is 0 Å². The molecule has 1 unspecified atom stereocenters. The van der Waals surface area contributed by atoms with Crippen LogP contribution in [-0.2, 0) is 0 Å². The van der Waals surface area contributed by atoms with Crippen LogP contribution in [0.25, 0.3) is 0 Å². The Labute approximate surface area is 103 Å². The van der Waals surface area contributed by atoms with Gasteiger partial charge in [-0.1, -0.05) is 13.8 Å². The minimum atomic E-state index is -0.173. The maximum Gasteiger partial charge on any atom is 0.126 e. The minimum absolute atomic E-state index is 0.0990. The fourth-order valence-corrected chi connectivity index (χ4v) is 1.76. The van der Waals surface area contributed by atoms with Crippen molar-refractivity contribution in [2.24, 2.45) is 0 Å². The first-order valence-electron chi connectivity index (χ1n) is 6.26. The normalized spacial score (nSPS) is 12.5. The third-order valence-electron chi connectivity index (χ3n) is 2.73.